The van der Waals surface area contributed by atoms with Crippen molar-refractivity contribution in [2.45, 2.75) is 6.17 Å². The quantitative estimate of drug-likeness (QED) is 0.549. The summed E-state index contributed by atoms with van der Waals surface area (Å²) in [5.41, 5.74) is 2.94. The molecular formula is C7H9N3O2. The smallest absolute Gasteiger partial charge is 0.312 e. The van der Waals surface area contributed by atoms with Gasteiger partial charge in [0.2, 0.25) is 0 Å². The highest BCUT2D eigenvalue weighted by Crippen LogP contribution is 2.19. The molecule has 2 unspecified atom stereocenters. The number of aliphatic imine (C=N–C) groups is 1. The monoisotopic (exact) mass is 167 g/mol. The molecule has 12 heavy (non-hydrogen) atoms. The Labute approximate surface area is 69.4 Å². The van der Waals surface area contributed by atoms with Gasteiger partial charge in [-0.15, -0.1) is 0 Å². The van der Waals surface area contributed by atoms with Gasteiger partial charge in [0.15, 0.2) is 0 Å². The molecule has 2 aliphatic heterocycles. The second kappa shape index (κ2) is 2.60. The van der Waals surface area contributed by atoms with Gasteiger partial charge in [-0.25, -0.2) is 5.43 Å². The Kier molecular flexibility index (Phi) is 1.58. The molecule has 1 fully saturated rings. The van der Waals surface area contributed by atoms with Crippen molar-refractivity contribution >= 4 is 12.2 Å². The van der Waals surface area contributed by atoms with Crippen molar-refractivity contribution in [3.8, 4) is 0 Å². The molecule has 0 aromatic carbocycles. The first-order valence-corrected chi connectivity index (χ1v) is 3.73. The van der Waals surface area contributed by atoms with Crippen LogP contribution in [0.3, 0.4) is 0 Å². The first-order chi connectivity index (χ1) is 5.79. The van der Waals surface area contributed by atoms with Gasteiger partial charge in [-0.1, -0.05) is 0 Å². The maximum Gasteiger partial charge on any atom is 0.312 e. The lowest BCUT2D eigenvalue weighted by atomic mass is 10.1. The highest BCUT2D eigenvalue weighted by molar-refractivity contribution is 5.75. The second-order valence-electron chi connectivity index (χ2n) is 2.77. The molecule has 2 rings (SSSR count). The van der Waals surface area contributed by atoms with Crippen molar-refractivity contribution in [3.63, 3.8) is 0 Å². The van der Waals surface area contributed by atoms with E-state index in [1.807, 2.05) is 0 Å². The largest absolute Gasteiger partial charge is 0.481 e. The lowest BCUT2D eigenvalue weighted by molar-refractivity contribution is -0.141. The number of carboxylic acid groups (broad SMARTS) is 1. The van der Waals surface area contributed by atoms with Crippen molar-refractivity contribution in [2.75, 3.05) is 6.54 Å². The molecule has 5 nitrogen and oxygen atoms in total. The third-order valence-corrected chi connectivity index (χ3v) is 2.03. The van der Waals surface area contributed by atoms with Crippen LogP contribution in [0, 0.1) is 5.92 Å². The lowest BCUT2D eigenvalue weighted by Crippen LogP contribution is -2.35. The van der Waals surface area contributed by atoms with E-state index in [4.69, 9.17) is 5.11 Å². The first kappa shape index (κ1) is 7.30. The Morgan fingerprint density at radius 1 is 1.75 bits per heavy atom. The van der Waals surface area contributed by atoms with E-state index in [1.54, 1.807) is 23.5 Å². The topological polar surface area (TPSA) is 64.9 Å². The van der Waals surface area contributed by atoms with Crippen LogP contribution in [0.15, 0.2) is 17.3 Å². The van der Waals surface area contributed by atoms with Gasteiger partial charge in [-0.05, 0) is 6.08 Å². The molecule has 2 atom stereocenters. The highest BCUT2D eigenvalue weighted by atomic mass is 16.4. The number of aliphatic carboxylic acids is 1. The summed E-state index contributed by atoms with van der Waals surface area (Å²) in [6, 6.07) is 0. The average Bonchev–Trinajstić information content (AvgIpc) is 2.47. The predicted octanol–water partition coefficient (Wildman–Crippen LogP) is -0.568. The average molecular weight is 167 g/mol. The fourth-order valence-electron chi connectivity index (χ4n) is 1.40. The Balaban J connectivity index is 2.18. The van der Waals surface area contributed by atoms with E-state index >= 15 is 0 Å². The molecule has 0 saturated carbocycles. The molecule has 0 amide bonds. The number of allylic oxidation sites excluding steroid dienone is 1. The van der Waals surface area contributed by atoms with Gasteiger partial charge < -0.3 is 5.11 Å². The minimum absolute atomic E-state index is 0.271. The van der Waals surface area contributed by atoms with Gasteiger partial charge in [-0.2, -0.15) is 0 Å². The molecular weight excluding hydrogens is 158 g/mol. The summed E-state index contributed by atoms with van der Waals surface area (Å²) in [4.78, 5) is 14.8. The maximum atomic E-state index is 10.7. The number of hydrazine groups is 1. The Bertz CT molecular complexity index is 261. The van der Waals surface area contributed by atoms with Crippen LogP contribution >= 0.6 is 0 Å². The van der Waals surface area contributed by atoms with E-state index in [2.05, 4.69) is 10.4 Å². The standard InChI is InChI=1S/C7H9N3O2/c11-7(12)5-4-9-10-3-1-2-8-6(5)10/h1-3,5-6,9H,4H2,(H,11,12). The summed E-state index contributed by atoms with van der Waals surface area (Å²) >= 11 is 0. The summed E-state index contributed by atoms with van der Waals surface area (Å²) in [7, 11) is 0. The number of hydrogen-bond donors (Lipinski definition) is 2. The zero-order valence-electron chi connectivity index (χ0n) is 6.34. The summed E-state index contributed by atoms with van der Waals surface area (Å²) in [6.07, 6.45) is 4.92. The number of nitrogens with zero attached hydrogens (tertiary/aromatic N) is 2. The summed E-state index contributed by atoms with van der Waals surface area (Å²) in [6.45, 7) is 0.446. The van der Waals surface area contributed by atoms with E-state index < -0.39 is 11.9 Å². The SMILES string of the molecule is O=C(O)C1CNN2C=CC=NC12. The molecule has 0 bridgehead atoms. The van der Waals surface area contributed by atoms with E-state index in [1.165, 1.54) is 0 Å². The fourth-order valence-corrected chi connectivity index (χ4v) is 1.40. The van der Waals surface area contributed by atoms with Gasteiger partial charge in [0.05, 0.1) is 0 Å². The highest BCUT2D eigenvalue weighted by Gasteiger charge is 2.37. The van der Waals surface area contributed by atoms with Gasteiger partial charge >= 0.3 is 5.97 Å². The van der Waals surface area contributed by atoms with Crippen molar-refractivity contribution in [1.82, 2.24) is 10.4 Å². The maximum absolute atomic E-state index is 10.7. The number of carboxylic acids is 1. The summed E-state index contributed by atoms with van der Waals surface area (Å²) in [5, 5.41) is 10.5. The molecule has 0 spiro atoms. The van der Waals surface area contributed by atoms with Crippen LogP contribution in [0.25, 0.3) is 0 Å². The van der Waals surface area contributed by atoms with Crippen LogP contribution in [0.4, 0.5) is 0 Å². The molecule has 2 aliphatic rings. The predicted molar refractivity (Wildman–Crippen MR) is 42.4 cm³/mol. The van der Waals surface area contributed by atoms with Crippen LogP contribution < -0.4 is 5.43 Å². The first-order valence-electron chi connectivity index (χ1n) is 3.73. The van der Waals surface area contributed by atoms with Gasteiger partial charge in [0.25, 0.3) is 0 Å². The lowest BCUT2D eigenvalue weighted by Gasteiger charge is -2.22. The van der Waals surface area contributed by atoms with E-state index in [-0.39, 0.29) is 6.17 Å². The molecule has 0 aliphatic carbocycles. The molecule has 0 aromatic heterocycles. The normalized spacial score (nSPS) is 32.2. The number of hydrogen-bond acceptors (Lipinski definition) is 4. The van der Waals surface area contributed by atoms with E-state index in [9.17, 15) is 4.79 Å². The Morgan fingerprint density at radius 2 is 2.58 bits per heavy atom. The number of rotatable bonds is 1. The number of nitrogens with one attached hydrogen (secondary N) is 1. The van der Waals surface area contributed by atoms with Crippen molar-refractivity contribution < 1.29 is 9.90 Å². The van der Waals surface area contributed by atoms with Gasteiger partial charge in [-0.3, -0.25) is 14.8 Å². The summed E-state index contributed by atoms with van der Waals surface area (Å²) in [5.74, 6) is -1.24. The van der Waals surface area contributed by atoms with E-state index in [0.29, 0.717) is 6.54 Å². The minimum atomic E-state index is -0.803. The third kappa shape index (κ3) is 0.984. The Morgan fingerprint density at radius 3 is 3.33 bits per heavy atom. The Hall–Kier alpha value is -1.36. The fraction of sp³-hybridized carbons (Fsp3) is 0.429. The van der Waals surface area contributed by atoms with Gasteiger partial charge in [0, 0.05) is 19.0 Å². The van der Waals surface area contributed by atoms with Crippen LogP contribution in [0.2, 0.25) is 0 Å². The minimum Gasteiger partial charge on any atom is -0.481 e. The molecule has 0 radical (unpaired) electrons. The number of fused-ring (bicyclic) bond motifs is 1. The van der Waals surface area contributed by atoms with Crippen LogP contribution in [0.5, 0.6) is 0 Å². The van der Waals surface area contributed by atoms with Crippen molar-refractivity contribution in [3.05, 3.63) is 12.3 Å². The molecule has 2 heterocycles. The van der Waals surface area contributed by atoms with Crippen LogP contribution in [-0.4, -0.2) is 35.0 Å². The second-order valence-corrected chi connectivity index (χ2v) is 2.77. The zero-order chi connectivity index (χ0) is 8.55. The number of carbonyl (C=O) groups is 1. The zero-order valence-corrected chi connectivity index (χ0v) is 6.34. The van der Waals surface area contributed by atoms with E-state index in [0.717, 1.165) is 0 Å². The molecule has 2 N–H and O–H groups in total. The van der Waals surface area contributed by atoms with Crippen LogP contribution in [0.1, 0.15) is 0 Å². The summed E-state index contributed by atoms with van der Waals surface area (Å²) < 4.78 is 0. The molecule has 64 valence electrons. The van der Waals surface area contributed by atoms with Crippen molar-refractivity contribution in [2.24, 2.45) is 10.9 Å². The molecule has 5 heteroatoms. The van der Waals surface area contributed by atoms with Crippen molar-refractivity contribution in [1.29, 1.82) is 0 Å². The third-order valence-electron chi connectivity index (χ3n) is 2.03. The molecule has 1 saturated heterocycles. The van der Waals surface area contributed by atoms with Gasteiger partial charge in [0.1, 0.15) is 12.1 Å². The molecule has 0 aromatic rings. The van der Waals surface area contributed by atoms with Crippen LogP contribution in [-0.2, 0) is 4.79 Å².